The first kappa shape index (κ1) is 19.6. The largest absolute Gasteiger partial charge is 0.273 e. The molecule has 0 heterocycles. The van der Waals surface area contributed by atoms with E-state index in [2.05, 4.69) is 88.8 Å². The van der Waals surface area contributed by atoms with Crippen LogP contribution in [0.25, 0.3) is 0 Å². The Morgan fingerprint density at radius 1 is 1.00 bits per heavy atom. The highest BCUT2D eigenvalue weighted by atomic mass is 79.9. The van der Waals surface area contributed by atoms with Crippen molar-refractivity contribution in [3.63, 3.8) is 0 Å². The monoisotopic (exact) mass is 446 g/mol. The number of rotatable bonds is 5. The van der Waals surface area contributed by atoms with Crippen molar-refractivity contribution >= 4 is 28.1 Å². The predicted octanol–water partition coefficient (Wildman–Crippen LogP) is 5.52. The van der Waals surface area contributed by atoms with Crippen LogP contribution in [-0.4, -0.2) is 12.1 Å². The molecule has 3 aromatic rings. The molecule has 1 saturated carbocycles. The van der Waals surface area contributed by atoms with E-state index in [0.29, 0.717) is 0 Å². The first-order chi connectivity index (χ1) is 14.0. The molecule has 29 heavy (non-hydrogen) atoms. The molecule has 146 valence electrons. The van der Waals surface area contributed by atoms with E-state index >= 15 is 0 Å². The highest BCUT2D eigenvalue weighted by Gasteiger charge is 2.60. The van der Waals surface area contributed by atoms with Gasteiger partial charge in [-0.15, -0.1) is 0 Å². The van der Waals surface area contributed by atoms with Crippen LogP contribution in [-0.2, 0) is 10.2 Å². The van der Waals surface area contributed by atoms with E-state index < -0.39 is 0 Å². The third-order valence-corrected chi connectivity index (χ3v) is 6.14. The second-order valence-corrected chi connectivity index (χ2v) is 8.67. The third-order valence-electron chi connectivity index (χ3n) is 5.65. The van der Waals surface area contributed by atoms with E-state index in [1.807, 2.05) is 24.3 Å². The molecule has 0 aromatic heterocycles. The molecule has 1 amide bonds. The Balaban J connectivity index is 1.57. The number of nitrogens with zero attached hydrogens (tertiary/aromatic N) is 1. The van der Waals surface area contributed by atoms with Gasteiger partial charge in [0.2, 0.25) is 5.91 Å². The van der Waals surface area contributed by atoms with E-state index in [4.69, 9.17) is 0 Å². The summed E-state index contributed by atoms with van der Waals surface area (Å²) in [6.07, 6.45) is 2.46. The fraction of sp³-hybridized carbons (Fsp3) is 0.200. The number of aryl methyl sites for hydroxylation is 2. The molecule has 4 rings (SSSR count). The zero-order valence-corrected chi connectivity index (χ0v) is 18.1. The molecule has 0 saturated heterocycles. The zero-order valence-electron chi connectivity index (χ0n) is 16.5. The summed E-state index contributed by atoms with van der Waals surface area (Å²) in [6, 6.07) is 24.8. The molecule has 0 aliphatic heterocycles. The predicted molar refractivity (Wildman–Crippen MR) is 121 cm³/mol. The molecular formula is C25H23BrN2O. The van der Waals surface area contributed by atoms with Gasteiger partial charge >= 0.3 is 0 Å². The molecule has 1 fully saturated rings. The summed E-state index contributed by atoms with van der Waals surface area (Å²) < 4.78 is 0.979. The number of hydrazone groups is 1. The van der Waals surface area contributed by atoms with Crippen LogP contribution in [0.3, 0.4) is 0 Å². The van der Waals surface area contributed by atoms with Gasteiger partial charge in [-0.2, -0.15) is 5.10 Å². The van der Waals surface area contributed by atoms with Gasteiger partial charge in [-0.1, -0.05) is 87.7 Å². The van der Waals surface area contributed by atoms with Crippen molar-refractivity contribution in [3.05, 3.63) is 105 Å². The Kier molecular flexibility index (Phi) is 5.37. The van der Waals surface area contributed by atoms with Gasteiger partial charge in [0.25, 0.3) is 0 Å². The van der Waals surface area contributed by atoms with Crippen molar-refractivity contribution in [2.75, 3.05) is 0 Å². The second-order valence-electron chi connectivity index (χ2n) is 7.75. The van der Waals surface area contributed by atoms with Crippen molar-refractivity contribution in [2.45, 2.75) is 25.7 Å². The highest BCUT2D eigenvalue weighted by molar-refractivity contribution is 9.10. The number of nitrogens with one attached hydrogen (secondary N) is 1. The van der Waals surface area contributed by atoms with Gasteiger partial charge in [0, 0.05) is 9.89 Å². The molecule has 1 aliphatic rings. The Morgan fingerprint density at radius 2 is 1.59 bits per heavy atom. The number of amides is 1. The summed E-state index contributed by atoms with van der Waals surface area (Å²) in [5.41, 5.74) is 8.19. The minimum Gasteiger partial charge on any atom is -0.273 e. The first-order valence-corrected chi connectivity index (χ1v) is 10.5. The van der Waals surface area contributed by atoms with E-state index in [1.165, 1.54) is 22.3 Å². The van der Waals surface area contributed by atoms with Gasteiger partial charge < -0.3 is 0 Å². The first-order valence-electron chi connectivity index (χ1n) is 9.72. The summed E-state index contributed by atoms with van der Waals surface area (Å²) in [5, 5.41) is 4.18. The number of carbonyl (C=O) groups excluding carboxylic acids is 1. The lowest BCUT2D eigenvalue weighted by atomic mass is 9.85. The molecule has 1 atom stereocenters. The van der Waals surface area contributed by atoms with Crippen molar-refractivity contribution < 1.29 is 4.79 Å². The number of halogens is 1. The van der Waals surface area contributed by atoms with Gasteiger partial charge in [-0.3, -0.25) is 4.79 Å². The maximum Gasteiger partial charge on any atom is 0.244 e. The van der Waals surface area contributed by atoms with Crippen molar-refractivity contribution in [3.8, 4) is 0 Å². The normalized spacial score (nSPS) is 17.3. The summed E-state index contributed by atoms with van der Waals surface area (Å²) in [6.45, 7) is 4.16. The topological polar surface area (TPSA) is 41.5 Å². The minimum atomic E-state index is -0.281. The van der Waals surface area contributed by atoms with Gasteiger partial charge in [-0.05, 0) is 49.1 Å². The van der Waals surface area contributed by atoms with Crippen LogP contribution in [0, 0.1) is 19.8 Å². The third kappa shape index (κ3) is 4.03. The Bertz CT molecular complexity index is 1010. The molecule has 0 spiro atoms. The smallest absolute Gasteiger partial charge is 0.244 e. The van der Waals surface area contributed by atoms with Crippen LogP contribution >= 0.6 is 15.9 Å². The van der Waals surface area contributed by atoms with Crippen LogP contribution in [0.2, 0.25) is 0 Å². The standard InChI is InChI=1S/C25H23BrN2O/c1-17-6-10-20(11-7-17)25(21-12-8-18(2)9-13-21)15-23(25)24(29)28-27-16-19-4-3-5-22(26)14-19/h3-14,16,23H,15H2,1-2H3,(H,28,29)/b27-16-/t23-/m0/s1. The molecular weight excluding hydrogens is 424 g/mol. The molecule has 1 aliphatic carbocycles. The summed E-state index contributed by atoms with van der Waals surface area (Å²) in [7, 11) is 0. The summed E-state index contributed by atoms with van der Waals surface area (Å²) >= 11 is 3.44. The van der Waals surface area contributed by atoms with Gasteiger partial charge in [0.05, 0.1) is 12.1 Å². The van der Waals surface area contributed by atoms with Gasteiger partial charge in [-0.25, -0.2) is 5.43 Å². The summed E-state index contributed by atoms with van der Waals surface area (Å²) in [5.74, 6) is -0.176. The highest BCUT2D eigenvalue weighted by Crippen LogP contribution is 2.59. The second kappa shape index (κ2) is 7.96. The molecule has 0 radical (unpaired) electrons. The van der Waals surface area contributed by atoms with Crippen LogP contribution in [0.5, 0.6) is 0 Å². The molecule has 1 N–H and O–H groups in total. The van der Waals surface area contributed by atoms with Crippen LogP contribution in [0.15, 0.2) is 82.4 Å². The fourth-order valence-corrected chi connectivity index (χ4v) is 4.34. The summed E-state index contributed by atoms with van der Waals surface area (Å²) in [4.78, 5) is 12.9. The van der Waals surface area contributed by atoms with E-state index in [9.17, 15) is 4.79 Å². The average Bonchev–Trinajstić information content (AvgIpc) is 3.46. The molecule has 0 bridgehead atoms. The van der Waals surface area contributed by atoms with Crippen molar-refractivity contribution in [1.29, 1.82) is 0 Å². The van der Waals surface area contributed by atoms with Crippen LogP contribution in [0.4, 0.5) is 0 Å². The van der Waals surface area contributed by atoms with E-state index in [0.717, 1.165) is 16.5 Å². The molecule has 4 heteroatoms. The lowest BCUT2D eigenvalue weighted by molar-refractivity contribution is -0.122. The number of carbonyl (C=O) groups is 1. The average molecular weight is 447 g/mol. The Labute approximate surface area is 180 Å². The zero-order chi connectivity index (χ0) is 20.4. The minimum absolute atomic E-state index is 0.0441. The van der Waals surface area contributed by atoms with Gasteiger partial charge in [0.15, 0.2) is 0 Å². The van der Waals surface area contributed by atoms with Crippen LogP contribution in [0.1, 0.15) is 34.2 Å². The number of benzene rings is 3. The maximum absolute atomic E-state index is 12.9. The van der Waals surface area contributed by atoms with Crippen molar-refractivity contribution in [1.82, 2.24) is 5.43 Å². The lowest BCUT2D eigenvalue weighted by Gasteiger charge is -2.19. The van der Waals surface area contributed by atoms with Crippen LogP contribution < -0.4 is 5.43 Å². The molecule has 3 nitrogen and oxygen atoms in total. The quantitative estimate of drug-likeness (QED) is 0.406. The van der Waals surface area contributed by atoms with Crippen molar-refractivity contribution in [2.24, 2.45) is 11.0 Å². The van der Waals surface area contributed by atoms with E-state index in [-0.39, 0.29) is 17.2 Å². The number of hydrogen-bond acceptors (Lipinski definition) is 2. The molecule has 3 aromatic carbocycles. The van der Waals surface area contributed by atoms with E-state index in [1.54, 1.807) is 6.21 Å². The Morgan fingerprint density at radius 3 is 2.14 bits per heavy atom. The molecule has 0 unspecified atom stereocenters. The lowest BCUT2D eigenvalue weighted by Crippen LogP contribution is -2.25. The fourth-order valence-electron chi connectivity index (χ4n) is 3.92. The van der Waals surface area contributed by atoms with Gasteiger partial charge in [0.1, 0.15) is 0 Å². The Hall–Kier alpha value is -2.72. The maximum atomic E-state index is 12.9. The SMILES string of the molecule is Cc1ccc(C2(c3ccc(C)cc3)C[C@H]2C(=O)N/N=C\c2cccc(Br)c2)cc1. The number of hydrogen-bond donors (Lipinski definition) is 1.